The van der Waals surface area contributed by atoms with Crippen LogP contribution in [0.3, 0.4) is 0 Å². The van der Waals surface area contributed by atoms with Gasteiger partial charge in [0.05, 0.1) is 0 Å². The fourth-order valence-corrected chi connectivity index (χ4v) is 5.43. The lowest BCUT2D eigenvalue weighted by Crippen LogP contribution is -2.37. The maximum absolute atomic E-state index is 2.50. The lowest BCUT2D eigenvalue weighted by Gasteiger charge is -2.41. The van der Waals surface area contributed by atoms with E-state index in [1.165, 1.54) is 19.3 Å². The Labute approximate surface area is 80.5 Å². The zero-order chi connectivity index (χ0) is 8.98. The highest BCUT2D eigenvalue weighted by Gasteiger charge is 2.58. The Morgan fingerprint density at radius 3 is 2.25 bits per heavy atom. The molecule has 70 valence electrons. The van der Waals surface area contributed by atoms with Crippen molar-refractivity contribution in [3.05, 3.63) is 0 Å². The van der Waals surface area contributed by atoms with Gasteiger partial charge in [-0.2, -0.15) is 11.8 Å². The molecule has 0 saturated heterocycles. The van der Waals surface area contributed by atoms with Crippen LogP contribution >= 0.6 is 11.8 Å². The van der Waals surface area contributed by atoms with Crippen LogP contribution in [-0.4, -0.2) is 11.5 Å². The minimum Gasteiger partial charge on any atom is -0.161 e. The molecule has 0 aromatic rings. The smallest absolute Gasteiger partial charge is 0.0152 e. The number of hydrogen-bond donors (Lipinski definition) is 0. The molecular weight excluding hydrogens is 164 g/mol. The monoisotopic (exact) mass is 184 g/mol. The van der Waals surface area contributed by atoms with Gasteiger partial charge in [-0.1, -0.05) is 20.8 Å². The standard InChI is InChI=1S/C11H20S/c1-10(2)8-5-6-11(3,7-8)9(10)12-4/h8-9H,5-7H2,1-4H3. The molecule has 0 amide bonds. The summed E-state index contributed by atoms with van der Waals surface area (Å²) in [6, 6.07) is 0. The summed E-state index contributed by atoms with van der Waals surface area (Å²) in [5.74, 6) is 1.01. The lowest BCUT2D eigenvalue weighted by molar-refractivity contribution is 0.195. The van der Waals surface area contributed by atoms with Crippen molar-refractivity contribution in [1.29, 1.82) is 0 Å². The molecule has 0 N–H and O–H groups in total. The fraction of sp³-hybridized carbons (Fsp3) is 1.00. The van der Waals surface area contributed by atoms with Crippen LogP contribution in [0, 0.1) is 16.7 Å². The van der Waals surface area contributed by atoms with Crippen LogP contribution < -0.4 is 0 Å². The van der Waals surface area contributed by atoms with Crippen LogP contribution in [-0.2, 0) is 0 Å². The zero-order valence-electron chi connectivity index (χ0n) is 8.68. The topological polar surface area (TPSA) is 0 Å². The first-order valence-corrected chi connectivity index (χ1v) is 6.32. The highest BCUT2D eigenvalue weighted by molar-refractivity contribution is 7.99. The highest BCUT2D eigenvalue weighted by Crippen LogP contribution is 2.65. The van der Waals surface area contributed by atoms with Crippen molar-refractivity contribution in [2.45, 2.75) is 45.3 Å². The van der Waals surface area contributed by atoms with Gasteiger partial charge in [0.1, 0.15) is 0 Å². The fourth-order valence-electron chi connectivity index (χ4n) is 3.84. The molecule has 2 bridgehead atoms. The van der Waals surface area contributed by atoms with Gasteiger partial charge in [-0.25, -0.2) is 0 Å². The van der Waals surface area contributed by atoms with Crippen LogP contribution in [0.1, 0.15) is 40.0 Å². The maximum Gasteiger partial charge on any atom is 0.0152 e. The quantitative estimate of drug-likeness (QED) is 0.600. The molecule has 0 nitrogen and oxygen atoms in total. The van der Waals surface area contributed by atoms with Crippen LogP contribution in [0.2, 0.25) is 0 Å². The van der Waals surface area contributed by atoms with E-state index < -0.39 is 0 Å². The summed E-state index contributed by atoms with van der Waals surface area (Å²) in [4.78, 5) is 0. The molecule has 0 heterocycles. The summed E-state index contributed by atoms with van der Waals surface area (Å²) in [6.45, 7) is 7.45. The number of hydrogen-bond acceptors (Lipinski definition) is 1. The van der Waals surface area contributed by atoms with E-state index in [1.54, 1.807) is 0 Å². The lowest BCUT2D eigenvalue weighted by atomic mass is 9.72. The molecule has 0 aliphatic heterocycles. The van der Waals surface area contributed by atoms with Crippen molar-refractivity contribution in [3.63, 3.8) is 0 Å². The zero-order valence-corrected chi connectivity index (χ0v) is 9.50. The minimum atomic E-state index is 0.604. The van der Waals surface area contributed by atoms with E-state index >= 15 is 0 Å². The third kappa shape index (κ3) is 0.921. The molecule has 2 fully saturated rings. The van der Waals surface area contributed by atoms with Crippen molar-refractivity contribution >= 4 is 11.8 Å². The number of fused-ring (bicyclic) bond motifs is 2. The Morgan fingerprint density at radius 1 is 1.25 bits per heavy atom. The highest BCUT2D eigenvalue weighted by atomic mass is 32.2. The van der Waals surface area contributed by atoms with E-state index in [0.29, 0.717) is 10.8 Å². The van der Waals surface area contributed by atoms with Crippen molar-refractivity contribution in [2.75, 3.05) is 6.26 Å². The van der Waals surface area contributed by atoms with Gasteiger partial charge in [-0.3, -0.25) is 0 Å². The van der Waals surface area contributed by atoms with Crippen LogP contribution in [0.5, 0.6) is 0 Å². The molecule has 2 aliphatic carbocycles. The average molecular weight is 184 g/mol. The summed E-state index contributed by atoms with van der Waals surface area (Å²) >= 11 is 2.10. The molecule has 2 saturated carbocycles. The Morgan fingerprint density at radius 2 is 1.92 bits per heavy atom. The van der Waals surface area contributed by atoms with Gasteiger partial charge in [0.25, 0.3) is 0 Å². The molecular formula is C11H20S. The SMILES string of the molecule is CSC1C2(C)CCC(C2)C1(C)C. The van der Waals surface area contributed by atoms with E-state index in [1.807, 2.05) is 0 Å². The first-order chi connectivity index (χ1) is 5.50. The molecule has 12 heavy (non-hydrogen) atoms. The Kier molecular flexibility index (Phi) is 1.81. The molecule has 0 aromatic heterocycles. The van der Waals surface area contributed by atoms with Gasteiger partial charge in [0.2, 0.25) is 0 Å². The Balaban J connectivity index is 2.31. The van der Waals surface area contributed by atoms with Gasteiger partial charge in [-0.15, -0.1) is 0 Å². The molecule has 2 rings (SSSR count). The summed E-state index contributed by atoms with van der Waals surface area (Å²) in [5, 5.41) is 0.906. The van der Waals surface area contributed by atoms with Gasteiger partial charge in [0.15, 0.2) is 0 Å². The molecule has 0 aromatic carbocycles. The Hall–Kier alpha value is 0.350. The van der Waals surface area contributed by atoms with Gasteiger partial charge in [-0.05, 0) is 42.3 Å². The molecule has 3 atom stereocenters. The summed E-state index contributed by atoms with van der Waals surface area (Å²) in [6.07, 6.45) is 6.75. The molecule has 0 radical (unpaired) electrons. The number of rotatable bonds is 1. The summed E-state index contributed by atoms with van der Waals surface area (Å²) < 4.78 is 0. The predicted octanol–water partition coefficient (Wildman–Crippen LogP) is 3.56. The molecule has 3 unspecified atom stereocenters. The predicted molar refractivity (Wildman–Crippen MR) is 56.5 cm³/mol. The van der Waals surface area contributed by atoms with Crippen molar-refractivity contribution in [3.8, 4) is 0 Å². The normalized spacial score (nSPS) is 50.0. The van der Waals surface area contributed by atoms with Gasteiger partial charge < -0.3 is 0 Å². The van der Waals surface area contributed by atoms with E-state index in [2.05, 4.69) is 38.8 Å². The van der Waals surface area contributed by atoms with E-state index in [-0.39, 0.29) is 0 Å². The third-order valence-corrected chi connectivity index (χ3v) is 6.02. The largest absolute Gasteiger partial charge is 0.161 e. The number of thioether (sulfide) groups is 1. The van der Waals surface area contributed by atoms with Gasteiger partial charge in [0, 0.05) is 5.25 Å². The van der Waals surface area contributed by atoms with Gasteiger partial charge >= 0.3 is 0 Å². The van der Waals surface area contributed by atoms with E-state index in [0.717, 1.165) is 11.2 Å². The Bertz CT molecular complexity index is 192. The molecule has 1 heteroatoms. The van der Waals surface area contributed by atoms with E-state index in [4.69, 9.17) is 0 Å². The summed E-state index contributed by atoms with van der Waals surface area (Å²) in [7, 11) is 0. The molecule has 0 spiro atoms. The minimum absolute atomic E-state index is 0.604. The summed E-state index contributed by atoms with van der Waals surface area (Å²) in [5.41, 5.74) is 1.28. The average Bonchev–Trinajstić information content (AvgIpc) is 2.39. The van der Waals surface area contributed by atoms with Crippen molar-refractivity contribution in [2.24, 2.45) is 16.7 Å². The van der Waals surface area contributed by atoms with Crippen molar-refractivity contribution in [1.82, 2.24) is 0 Å². The van der Waals surface area contributed by atoms with E-state index in [9.17, 15) is 0 Å². The second kappa shape index (κ2) is 2.43. The van der Waals surface area contributed by atoms with Crippen LogP contribution in [0.15, 0.2) is 0 Å². The second-order valence-electron chi connectivity index (χ2n) is 5.53. The first-order valence-electron chi connectivity index (χ1n) is 5.03. The van der Waals surface area contributed by atoms with Crippen LogP contribution in [0.25, 0.3) is 0 Å². The molecule has 2 aliphatic rings. The first kappa shape index (κ1) is 8.93. The third-order valence-electron chi connectivity index (χ3n) is 4.37. The van der Waals surface area contributed by atoms with Crippen molar-refractivity contribution < 1.29 is 0 Å². The second-order valence-corrected chi connectivity index (χ2v) is 6.47. The van der Waals surface area contributed by atoms with Crippen LogP contribution in [0.4, 0.5) is 0 Å². The maximum atomic E-state index is 2.50.